The largest absolute Gasteiger partial charge is 0.507 e. The zero-order valence-electron chi connectivity index (χ0n) is 5.63. The Labute approximate surface area is 66.9 Å². The topological polar surface area (TPSA) is 20.2 Å². The van der Waals surface area contributed by atoms with E-state index in [2.05, 4.69) is 12.6 Å². The highest BCUT2D eigenvalue weighted by molar-refractivity contribution is 7.80. The Morgan fingerprint density at radius 1 is 1.50 bits per heavy atom. The SMILES string of the molecule is [B]c1ccc(C)c(S)c1O. The van der Waals surface area contributed by atoms with Gasteiger partial charge in [0.05, 0.1) is 0 Å². The van der Waals surface area contributed by atoms with Crippen molar-refractivity contribution in [1.82, 2.24) is 0 Å². The van der Waals surface area contributed by atoms with Gasteiger partial charge in [-0.05, 0) is 12.5 Å². The van der Waals surface area contributed by atoms with Crippen LogP contribution in [0.3, 0.4) is 0 Å². The average Bonchev–Trinajstić information content (AvgIpc) is 1.93. The van der Waals surface area contributed by atoms with Gasteiger partial charge in [0.25, 0.3) is 0 Å². The second-order valence-corrected chi connectivity index (χ2v) is 2.62. The lowest BCUT2D eigenvalue weighted by atomic mass is 9.94. The van der Waals surface area contributed by atoms with Crippen LogP contribution in [0.4, 0.5) is 0 Å². The summed E-state index contributed by atoms with van der Waals surface area (Å²) in [5.74, 6) is 0.0725. The lowest BCUT2D eigenvalue weighted by Gasteiger charge is -2.04. The Morgan fingerprint density at radius 2 is 2.10 bits per heavy atom. The summed E-state index contributed by atoms with van der Waals surface area (Å²) in [7, 11) is 5.39. The van der Waals surface area contributed by atoms with Crippen LogP contribution >= 0.6 is 12.6 Å². The number of phenols is 1. The number of benzene rings is 1. The van der Waals surface area contributed by atoms with Crippen LogP contribution in [-0.4, -0.2) is 13.0 Å². The molecule has 3 heteroatoms. The van der Waals surface area contributed by atoms with Crippen molar-refractivity contribution in [3.05, 3.63) is 17.7 Å². The molecule has 1 N–H and O–H groups in total. The van der Waals surface area contributed by atoms with Gasteiger partial charge in [0.2, 0.25) is 0 Å². The summed E-state index contributed by atoms with van der Waals surface area (Å²) in [6.45, 7) is 1.86. The third-order valence-corrected chi connectivity index (χ3v) is 1.95. The first kappa shape index (κ1) is 7.54. The zero-order valence-corrected chi connectivity index (χ0v) is 6.52. The first-order valence-corrected chi connectivity index (χ1v) is 3.34. The molecule has 0 saturated heterocycles. The van der Waals surface area contributed by atoms with Gasteiger partial charge in [-0.1, -0.05) is 17.6 Å². The molecule has 0 amide bonds. The van der Waals surface area contributed by atoms with Gasteiger partial charge < -0.3 is 5.11 Å². The van der Waals surface area contributed by atoms with Crippen molar-refractivity contribution in [3.63, 3.8) is 0 Å². The molecule has 0 bridgehead atoms. The summed E-state index contributed by atoms with van der Waals surface area (Å²) >= 11 is 4.05. The van der Waals surface area contributed by atoms with E-state index in [4.69, 9.17) is 7.85 Å². The second-order valence-electron chi connectivity index (χ2n) is 2.17. The van der Waals surface area contributed by atoms with Crippen molar-refractivity contribution in [1.29, 1.82) is 0 Å². The van der Waals surface area contributed by atoms with Crippen LogP contribution in [0.25, 0.3) is 0 Å². The number of aryl methyl sites for hydroxylation is 1. The molecule has 0 spiro atoms. The minimum absolute atomic E-state index is 0.0725. The Balaban J connectivity index is 3.34. The molecule has 1 aromatic rings. The van der Waals surface area contributed by atoms with Gasteiger partial charge in [0, 0.05) is 4.90 Å². The molecule has 0 heterocycles. The predicted octanol–water partition coefficient (Wildman–Crippen LogP) is 0.783. The Hall–Kier alpha value is -0.565. The summed E-state index contributed by atoms with van der Waals surface area (Å²) in [6.07, 6.45) is 0. The molecular weight excluding hydrogens is 143 g/mol. The smallest absolute Gasteiger partial charge is 0.122 e. The molecule has 0 aromatic heterocycles. The molecule has 1 rings (SSSR count). The molecule has 0 aliphatic rings. The molecule has 0 unspecified atom stereocenters. The fourth-order valence-electron chi connectivity index (χ4n) is 0.696. The Kier molecular flexibility index (Phi) is 1.95. The fourth-order valence-corrected chi connectivity index (χ4v) is 0.900. The number of hydrogen-bond donors (Lipinski definition) is 2. The molecule has 10 heavy (non-hydrogen) atoms. The average molecular weight is 150 g/mol. The van der Waals surface area contributed by atoms with Gasteiger partial charge in [-0.25, -0.2) is 0 Å². The quantitative estimate of drug-likeness (QED) is 0.413. The molecule has 1 aromatic carbocycles. The van der Waals surface area contributed by atoms with E-state index in [9.17, 15) is 5.11 Å². The summed E-state index contributed by atoms with van der Waals surface area (Å²) in [5.41, 5.74) is 1.30. The van der Waals surface area contributed by atoms with E-state index in [1.165, 1.54) is 0 Å². The lowest BCUT2D eigenvalue weighted by molar-refractivity contribution is 0.466. The number of phenolic OH excluding ortho intramolecular Hbond substituents is 1. The van der Waals surface area contributed by atoms with E-state index >= 15 is 0 Å². The maximum atomic E-state index is 9.19. The molecule has 0 fully saturated rings. The number of thiol groups is 1. The predicted molar refractivity (Wildman–Crippen MR) is 45.5 cm³/mol. The van der Waals surface area contributed by atoms with Crippen LogP contribution < -0.4 is 5.46 Å². The lowest BCUT2D eigenvalue weighted by Crippen LogP contribution is -2.02. The molecule has 0 aliphatic heterocycles. The van der Waals surface area contributed by atoms with Gasteiger partial charge in [-0.2, -0.15) is 0 Å². The summed E-state index contributed by atoms with van der Waals surface area (Å²) in [5, 5.41) is 9.19. The van der Waals surface area contributed by atoms with E-state index in [0.717, 1.165) is 5.56 Å². The van der Waals surface area contributed by atoms with E-state index in [1.807, 2.05) is 13.0 Å². The number of aromatic hydroxyl groups is 1. The summed E-state index contributed by atoms with van der Waals surface area (Å²) in [4.78, 5) is 0.556. The van der Waals surface area contributed by atoms with Crippen molar-refractivity contribution in [2.45, 2.75) is 11.8 Å². The second kappa shape index (κ2) is 2.58. The van der Waals surface area contributed by atoms with Crippen molar-refractivity contribution in [3.8, 4) is 5.75 Å². The first-order valence-electron chi connectivity index (χ1n) is 2.90. The van der Waals surface area contributed by atoms with Gasteiger partial charge in [0.1, 0.15) is 13.6 Å². The molecule has 0 atom stereocenters. The Bertz CT molecular complexity index is 233. The molecule has 0 saturated carbocycles. The van der Waals surface area contributed by atoms with Gasteiger partial charge in [-0.15, -0.1) is 12.6 Å². The summed E-state index contributed by atoms with van der Waals surface area (Å²) < 4.78 is 0. The minimum atomic E-state index is 0.0725. The zero-order chi connectivity index (χ0) is 7.72. The van der Waals surface area contributed by atoms with Gasteiger partial charge in [0.15, 0.2) is 0 Å². The third-order valence-electron chi connectivity index (χ3n) is 1.38. The molecule has 1 nitrogen and oxygen atoms in total. The van der Waals surface area contributed by atoms with E-state index in [0.29, 0.717) is 10.4 Å². The maximum absolute atomic E-state index is 9.19. The van der Waals surface area contributed by atoms with Crippen molar-refractivity contribution >= 4 is 25.9 Å². The van der Waals surface area contributed by atoms with Crippen LogP contribution in [0.5, 0.6) is 5.75 Å². The third kappa shape index (κ3) is 1.14. The Morgan fingerprint density at radius 3 is 2.60 bits per heavy atom. The maximum Gasteiger partial charge on any atom is 0.122 e. The normalized spacial score (nSPS) is 9.80. The first-order chi connectivity index (χ1) is 4.63. The van der Waals surface area contributed by atoms with Crippen molar-refractivity contribution in [2.75, 3.05) is 0 Å². The van der Waals surface area contributed by atoms with Crippen LogP contribution in [0.1, 0.15) is 5.56 Å². The van der Waals surface area contributed by atoms with Gasteiger partial charge in [-0.3, -0.25) is 0 Å². The van der Waals surface area contributed by atoms with Gasteiger partial charge >= 0.3 is 0 Å². The minimum Gasteiger partial charge on any atom is -0.507 e. The molecule has 2 radical (unpaired) electrons. The fraction of sp³-hybridized carbons (Fsp3) is 0.143. The number of rotatable bonds is 0. The monoisotopic (exact) mass is 150 g/mol. The molecule has 0 aliphatic carbocycles. The molecular formula is C7H7BOS. The van der Waals surface area contributed by atoms with Crippen LogP contribution in [-0.2, 0) is 0 Å². The number of hydrogen-bond acceptors (Lipinski definition) is 2. The van der Waals surface area contributed by atoms with Crippen LogP contribution in [0.15, 0.2) is 17.0 Å². The molecule has 50 valence electrons. The van der Waals surface area contributed by atoms with Crippen molar-refractivity contribution in [2.24, 2.45) is 0 Å². The van der Waals surface area contributed by atoms with Crippen LogP contribution in [0.2, 0.25) is 0 Å². The highest BCUT2D eigenvalue weighted by atomic mass is 32.1. The van der Waals surface area contributed by atoms with Crippen LogP contribution in [0, 0.1) is 6.92 Å². The summed E-state index contributed by atoms with van der Waals surface area (Å²) in [6, 6.07) is 3.47. The highest BCUT2D eigenvalue weighted by Crippen LogP contribution is 2.21. The van der Waals surface area contributed by atoms with E-state index in [-0.39, 0.29) is 5.75 Å². The van der Waals surface area contributed by atoms with E-state index in [1.54, 1.807) is 6.07 Å². The van der Waals surface area contributed by atoms with Crippen molar-refractivity contribution < 1.29 is 5.11 Å². The standard InChI is InChI=1S/C7H7BOS/c1-4-2-3-5(8)6(9)7(4)10/h2-3,9-10H,1H3. The highest BCUT2D eigenvalue weighted by Gasteiger charge is 2.01. The van der Waals surface area contributed by atoms with E-state index < -0.39 is 0 Å².